The van der Waals surface area contributed by atoms with E-state index in [-0.39, 0.29) is 11.9 Å². The van der Waals surface area contributed by atoms with E-state index < -0.39 is 0 Å². The predicted octanol–water partition coefficient (Wildman–Crippen LogP) is 3.76. The molecule has 0 radical (unpaired) electrons. The minimum absolute atomic E-state index is 0.0300. The van der Waals surface area contributed by atoms with E-state index in [0.717, 1.165) is 15.8 Å². The Morgan fingerprint density at radius 2 is 2.06 bits per heavy atom. The van der Waals surface area contributed by atoms with Crippen LogP contribution in [0.25, 0.3) is 0 Å². The Morgan fingerprint density at radius 1 is 1.24 bits per heavy atom. The van der Waals surface area contributed by atoms with Gasteiger partial charge in [-0.05, 0) is 58.6 Å². The van der Waals surface area contributed by atoms with Gasteiger partial charge in [0.25, 0.3) is 0 Å². The first-order chi connectivity index (χ1) is 8.13. The smallest absolute Gasteiger partial charge is 0.123 e. The minimum atomic E-state index is -0.200. The molecular weight excluding hydrogens is 301 g/mol. The van der Waals surface area contributed by atoms with Crippen LogP contribution in [0.3, 0.4) is 0 Å². The maximum atomic E-state index is 13.0. The lowest BCUT2D eigenvalue weighted by atomic mass is 10.0. The molecule has 1 aromatic carbocycles. The van der Waals surface area contributed by atoms with Crippen molar-refractivity contribution in [3.05, 3.63) is 56.4 Å². The number of nitrogens with two attached hydrogens (primary N) is 1. The summed E-state index contributed by atoms with van der Waals surface area (Å²) in [4.78, 5) is 1.25. The topological polar surface area (TPSA) is 26.0 Å². The maximum absolute atomic E-state index is 13.0. The van der Waals surface area contributed by atoms with E-state index in [1.807, 2.05) is 12.1 Å². The van der Waals surface area contributed by atoms with Gasteiger partial charge in [0.1, 0.15) is 5.82 Å². The molecule has 0 aliphatic carbocycles. The third kappa shape index (κ3) is 3.91. The number of hydrogen-bond acceptors (Lipinski definition) is 2. The Kier molecular flexibility index (Phi) is 4.31. The first-order valence-corrected chi connectivity index (χ1v) is 6.98. The quantitative estimate of drug-likeness (QED) is 0.913. The van der Waals surface area contributed by atoms with E-state index >= 15 is 0 Å². The molecule has 0 fully saturated rings. The van der Waals surface area contributed by atoms with Gasteiger partial charge < -0.3 is 5.73 Å². The van der Waals surface area contributed by atoms with E-state index in [4.69, 9.17) is 5.73 Å². The van der Waals surface area contributed by atoms with Gasteiger partial charge in [-0.3, -0.25) is 0 Å². The van der Waals surface area contributed by atoms with Crippen molar-refractivity contribution in [1.29, 1.82) is 0 Å². The molecular formula is C13H13BrFNS. The number of halogens is 2. The molecule has 2 rings (SSSR count). The predicted molar refractivity (Wildman–Crippen MR) is 73.8 cm³/mol. The molecule has 2 aromatic rings. The molecule has 0 aliphatic heterocycles. The SMILES string of the molecule is NC(Cc1cccc(F)c1)Cc1ccc(Br)s1. The summed E-state index contributed by atoms with van der Waals surface area (Å²) >= 11 is 5.12. The fourth-order valence-electron chi connectivity index (χ4n) is 1.76. The molecule has 90 valence electrons. The standard InChI is InChI=1S/C13H13BrFNS/c14-13-5-4-12(17-13)8-11(16)7-9-2-1-3-10(15)6-9/h1-6,11H,7-8,16H2. The zero-order valence-corrected chi connectivity index (χ0v) is 11.6. The van der Waals surface area contributed by atoms with Crippen molar-refractivity contribution in [2.75, 3.05) is 0 Å². The van der Waals surface area contributed by atoms with E-state index in [1.165, 1.54) is 10.9 Å². The fourth-order valence-corrected chi connectivity index (χ4v) is 3.33. The summed E-state index contributed by atoms with van der Waals surface area (Å²) in [5, 5.41) is 0. The molecule has 1 nitrogen and oxygen atoms in total. The highest BCUT2D eigenvalue weighted by Gasteiger charge is 2.07. The summed E-state index contributed by atoms with van der Waals surface area (Å²) in [5.41, 5.74) is 7.02. The van der Waals surface area contributed by atoms with Gasteiger partial charge >= 0.3 is 0 Å². The zero-order chi connectivity index (χ0) is 12.3. The molecule has 1 unspecified atom stereocenters. The first-order valence-electron chi connectivity index (χ1n) is 5.38. The van der Waals surface area contributed by atoms with Crippen molar-refractivity contribution in [2.24, 2.45) is 5.73 Å². The van der Waals surface area contributed by atoms with Crippen LogP contribution in [0.15, 0.2) is 40.2 Å². The van der Waals surface area contributed by atoms with Crippen LogP contribution in [0.1, 0.15) is 10.4 Å². The van der Waals surface area contributed by atoms with Crippen molar-refractivity contribution in [1.82, 2.24) is 0 Å². The maximum Gasteiger partial charge on any atom is 0.123 e. The first kappa shape index (κ1) is 12.7. The van der Waals surface area contributed by atoms with Crippen LogP contribution in [-0.2, 0) is 12.8 Å². The second-order valence-electron chi connectivity index (χ2n) is 4.00. The normalized spacial score (nSPS) is 12.6. The molecule has 1 aromatic heterocycles. The van der Waals surface area contributed by atoms with Crippen LogP contribution in [-0.4, -0.2) is 6.04 Å². The van der Waals surface area contributed by atoms with E-state index in [2.05, 4.69) is 22.0 Å². The number of benzene rings is 1. The van der Waals surface area contributed by atoms with Crippen LogP contribution >= 0.6 is 27.3 Å². The van der Waals surface area contributed by atoms with Gasteiger partial charge in [0.05, 0.1) is 3.79 Å². The minimum Gasteiger partial charge on any atom is -0.327 e. The van der Waals surface area contributed by atoms with Crippen LogP contribution < -0.4 is 5.73 Å². The molecule has 1 heterocycles. The molecule has 4 heteroatoms. The van der Waals surface area contributed by atoms with E-state index in [1.54, 1.807) is 23.5 Å². The molecule has 0 amide bonds. The summed E-state index contributed by atoms with van der Waals surface area (Å²) in [6, 6.07) is 10.7. The second-order valence-corrected chi connectivity index (χ2v) is 6.55. The highest BCUT2D eigenvalue weighted by Crippen LogP contribution is 2.23. The van der Waals surface area contributed by atoms with Crippen molar-refractivity contribution in [2.45, 2.75) is 18.9 Å². The Bertz CT molecular complexity index is 498. The second kappa shape index (κ2) is 5.76. The molecule has 0 saturated carbocycles. The summed E-state index contributed by atoms with van der Waals surface area (Å²) in [6.07, 6.45) is 1.53. The average molecular weight is 314 g/mol. The van der Waals surface area contributed by atoms with Crippen LogP contribution in [0, 0.1) is 5.82 Å². The monoisotopic (exact) mass is 313 g/mol. The van der Waals surface area contributed by atoms with Crippen LogP contribution in [0.2, 0.25) is 0 Å². The Balaban J connectivity index is 1.95. The van der Waals surface area contributed by atoms with Gasteiger partial charge in [-0.15, -0.1) is 11.3 Å². The van der Waals surface area contributed by atoms with E-state index in [0.29, 0.717) is 6.42 Å². The van der Waals surface area contributed by atoms with Crippen molar-refractivity contribution >= 4 is 27.3 Å². The highest BCUT2D eigenvalue weighted by atomic mass is 79.9. The molecule has 0 bridgehead atoms. The van der Waals surface area contributed by atoms with Gasteiger partial charge in [0.2, 0.25) is 0 Å². The van der Waals surface area contributed by atoms with Crippen molar-refractivity contribution in [3.8, 4) is 0 Å². The zero-order valence-electron chi connectivity index (χ0n) is 9.20. The number of rotatable bonds is 4. The molecule has 1 atom stereocenters. The Morgan fingerprint density at radius 3 is 2.71 bits per heavy atom. The summed E-state index contributed by atoms with van der Waals surface area (Å²) in [5.74, 6) is -0.200. The van der Waals surface area contributed by atoms with Crippen LogP contribution in [0.4, 0.5) is 4.39 Å². The largest absolute Gasteiger partial charge is 0.327 e. The molecule has 2 N–H and O–H groups in total. The van der Waals surface area contributed by atoms with E-state index in [9.17, 15) is 4.39 Å². The lowest BCUT2D eigenvalue weighted by Gasteiger charge is -2.10. The summed E-state index contributed by atoms with van der Waals surface area (Å²) < 4.78 is 14.1. The van der Waals surface area contributed by atoms with Crippen molar-refractivity contribution in [3.63, 3.8) is 0 Å². The Labute approximate surface area is 113 Å². The lowest BCUT2D eigenvalue weighted by Crippen LogP contribution is -2.25. The van der Waals surface area contributed by atoms with Gasteiger partial charge in [-0.1, -0.05) is 12.1 Å². The number of thiophene rings is 1. The van der Waals surface area contributed by atoms with Crippen LogP contribution in [0.5, 0.6) is 0 Å². The summed E-state index contributed by atoms with van der Waals surface area (Å²) in [7, 11) is 0. The Hall–Kier alpha value is -0.710. The summed E-state index contributed by atoms with van der Waals surface area (Å²) in [6.45, 7) is 0. The lowest BCUT2D eigenvalue weighted by molar-refractivity contribution is 0.619. The third-order valence-electron chi connectivity index (χ3n) is 2.48. The molecule has 17 heavy (non-hydrogen) atoms. The fraction of sp³-hybridized carbons (Fsp3) is 0.231. The van der Waals surface area contributed by atoms with Gasteiger partial charge in [-0.2, -0.15) is 0 Å². The van der Waals surface area contributed by atoms with Gasteiger partial charge in [0.15, 0.2) is 0 Å². The van der Waals surface area contributed by atoms with Gasteiger partial charge in [0, 0.05) is 10.9 Å². The number of hydrogen-bond donors (Lipinski definition) is 1. The molecule has 0 aliphatic rings. The van der Waals surface area contributed by atoms with Gasteiger partial charge in [-0.25, -0.2) is 4.39 Å². The third-order valence-corrected chi connectivity index (χ3v) is 4.13. The molecule has 0 saturated heterocycles. The molecule has 0 spiro atoms. The highest BCUT2D eigenvalue weighted by molar-refractivity contribution is 9.11. The van der Waals surface area contributed by atoms with Crippen molar-refractivity contribution < 1.29 is 4.39 Å². The average Bonchev–Trinajstić information content (AvgIpc) is 2.63.